The number of aromatic nitrogens is 2. The van der Waals surface area contributed by atoms with Gasteiger partial charge >= 0.3 is 23.9 Å². The predicted octanol–water partition coefficient (Wildman–Crippen LogP) is 3.47. The van der Waals surface area contributed by atoms with Crippen LogP contribution in [0.4, 0.5) is 13.2 Å². The van der Waals surface area contributed by atoms with Crippen LogP contribution in [-0.4, -0.2) is 29.1 Å². The number of halogens is 3. The number of ether oxygens (including phenoxy) is 1. The highest BCUT2D eigenvalue weighted by molar-refractivity contribution is 5.90. The van der Waals surface area contributed by atoms with Gasteiger partial charge in [-0.15, -0.1) is 0 Å². The molecule has 10 heteroatoms. The van der Waals surface area contributed by atoms with Gasteiger partial charge < -0.3 is 14.6 Å². The van der Waals surface area contributed by atoms with Crippen LogP contribution in [0.25, 0.3) is 11.4 Å². The SMILES string of the molecule is COC(=O)c1ccc(CNC(=O)c2nc(-c3ccc(C(F)(F)F)cc3)no2)cc1. The van der Waals surface area contributed by atoms with Crippen LogP contribution in [0.5, 0.6) is 0 Å². The second-order valence-corrected chi connectivity index (χ2v) is 5.87. The van der Waals surface area contributed by atoms with Gasteiger partial charge in [-0.25, -0.2) is 4.79 Å². The van der Waals surface area contributed by atoms with Crippen molar-refractivity contribution in [2.24, 2.45) is 0 Å². The molecule has 0 bridgehead atoms. The van der Waals surface area contributed by atoms with Crippen molar-refractivity contribution in [1.82, 2.24) is 15.5 Å². The van der Waals surface area contributed by atoms with E-state index >= 15 is 0 Å². The van der Waals surface area contributed by atoms with Crippen molar-refractivity contribution in [1.29, 1.82) is 0 Å². The standard InChI is InChI=1S/C19H14F3N3O4/c1-28-18(27)13-4-2-11(3-5-13)10-23-16(26)17-24-15(25-29-17)12-6-8-14(9-7-12)19(20,21)22/h2-9H,10H2,1H3,(H,23,26). The average molecular weight is 405 g/mol. The zero-order chi connectivity index (χ0) is 21.0. The van der Waals surface area contributed by atoms with Crippen LogP contribution < -0.4 is 5.32 Å². The first-order chi connectivity index (χ1) is 13.8. The van der Waals surface area contributed by atoms with Gasteiger partial charge in [0.2, 0.25) is 5.82 Å². The van der Waals surface area contributed by atoms with E-state index in [1.165, 1.54) is 19.2 Å². The Labute approximate surface area is 162 Å². The Balaban J connectivity index is 1.63. The number of methoxy groups -OCH3 is 1. The highest BCUT2D eigenvalue weighted by Gasteiger charge is 2.30. The molecule has 0 saturated heterocycles. The molecule has 7 nitrogen and oxygen atoms in total. The summed E-state index contributed by atoms with van der Waals surface area (Å²) < 4.78 is 47.3. The third kappa shape index (κ3) is 4.78. The minimum Gasteiger partial charge on any atom is -0.465 e. The quantitative estimate of drug-likeness (QED) is 0.654. The summed E-state index contributed by atoms with van der Waals surface area (Å²) in [5.41, 5.74) is 0.564. The number of carbonyl (C=O) groups is 2. The van der Waals surface area contributed by atoms with E-state index in [4.69, 9.17) is 4.52 Å². The Morgan fingerprint density at radius 3 is 2.31 bits per heavy atom. The second-order valence-electron chi connectivity index (χ2n) is 5.87. The number of benzene rings is 2. The zero-order valence-corrected chi connectivity index (χ0v) is 15.0. The van der Waals surface area contributed by atoms with Crippen molar-refractivity contribution in [2.75, 3.05) is 7.11 Å². The van der Waals surface area contributed by atoms with Crippen molar-refractivity contribution in [3.63, 3.8) is 0 Å². The molecular weight excluding hydrogens is 391 g/mol. The molecule has 29 heavy (non-hydrogen) atoms. The summed E-state index contributed by atoms with van der Waals surface area (Å²) in [5.74, 6) is -1.45. The van der Waals surface area contributed by atoms with Crippen LogP contribution in [0.2, 0.25) is 0 Å². The smallest absolute Gasteiger partial charge is 0.416 e. The average Bonchev–Trinajstić information content (AvgIpc) is 3.21. The molecule has 1 heterocycles. The molecule has 3 aromatic rings. The van der Waals surface area contributed by atoms with Gasteiger partial charge in [0.15, 0.2) is 0 Å². The fourth-order valence-electron chi connectivity index (χ4n) is 2.38. The third-order valence-electron chi connectivity index (χ3n) is 3.92. The lowest BCUT2D eigenvalue weighted by atomic mass is 10.1. The number of nitrogens with zero attached hydrogens (tertiary/aromatic N) is 2. The van der Waals surface area contributed by atoms with Gasteiger partial charge in [0, 0.05) is 12.1 Å². The fraction of sp³-hybridized carbons (Fsp3) is 0.158. The predicted molar refractivity (Wildman–Crippen MR) is 93.7 cm³/mol. The van der Waals surface area contributed by atoms with E-state index in [0.29, 0.717) is 11.1 Å². The van der Waals surface area contributed by atoms with Gasteiger partial charge in [-0.2, -0.15) is 18.2 Å². The lowest BCUT2D eigenvalue weighted by molar-refractivity contribution is -0.137. The first-order valence-corrected chi connectivity index (χ1v) is 8.24. The number of esters is 1. The molecule has 0 saturated carbocycles. The first-order valence-electron chi connectivity index (χ1n) is 8.24. The molecular formula is C19H14F3N3O4. The molecule has 1 amide bonds. The monoisotopic (exact) mass is 405 g/mol. The molecule has 0 unspecified atom stereocenters. The van der Waals surface area contributed by atoms with E-state index in [0.717, 1.165) is 12.1 Å². The maximum absolute atomic E-state index is 12.6. The number of nitrogens with one attached hydrogen (secondary N) is 1. The largest absolute Gasteiger partial charge is 0.465 e. The maximum atomic E-state index is 12.6. The molecule has 3 rings (SSSR count). The minimum absolute atomic E-state index is 0.00805. The summed E-state index contributed by atoms with van der Waals surface area (Å²) in [7, 11) is 1.28. The van der Waals surface area contributed by atoms with E-state index < -0.39 is 23.6 Å². The number of hydrogen-bond donors (Lipinski definition) is 1. The Bertz CT molecular complexity index is 1010. The van der Waals surface area contributed by atoms with Gasteiger partial charge in [-0.1, -0.05) is 29.4 Å². The summed E-state index contributed by atoms with van der Waals surface area (Å²) in [6.07, 6.45) is -4.45. The normalized spacial score (nSPS) is 11.2. The van der Waals surface area contributed by atoms with Crippen LogP contribution in [0.3, 0.4) is 0 Å². The zero-order valence-electron chi connectivity index (χ0n) is 15.0. The summed E-state index contributed by atoms with van der Waals surface area (Å²) >= 11 is 0. The van der Waals surface area contributed by atoms with Crippen molar-refractivity contribution < 1.29 is 32.0 Å². The van der Waals surface area contributed by atoms with E-state index in [2.05, 4.69) is 20.2 Å². The number of carbonyl (C=O) groups excluding carboxylic acids is 2. The molecule has 2 aromatic carbocycles. The highest BCUT2D eigenvalue weighted by Crippen LogP contribution is 2.30. The highest BCUT2D eigenvalue weighted by atomic mass is 19.4. The molecule has 1 N–H and O–H groups in total. The van der Waals surface area contributed by atoms with E-state index in [-0.39, 0.29) is 23.8 Å². The van der Waals surface area contributed by atoms with Gasteiger partial charge in [0.1, 0.15) is 0 Å². The van der Waals surface area contributed by atoms with Gasteiger partial charge in [0.25, 0.3) is 0 Å². The van der Waals surface area contributed by atoms with E-state index in [9.17, 15) is 22.8 Å². The van der Waals surface area contributed by atoms with Crippen molar-refractivity contribution in [3.05, 3.63) is 71.1 Å². The molecule has 0 aliphatic heterocycles. The molecule has 0 atom stereocenters. The summed E-state index contributed by atoms with van der Waals surface area (Å²) in [5, 5.41) is 6.19. The summed E-state index contributed by atoms with van der Waals surface area (Å²) in [6.45, 7) is 0.137. The lowest BCUT2D eigenvalue weighted by Crippen LogP contribution is -2.23. The van der Waals surface area contributed by atoms with Crippen LogP contribution in [-0.2, 0) is 17.5 Å². The first kappa shape index (κ1) is 20.1. The minimum atomic E-state index is -4.45. The maximum Gasteiger partial charge on any atom is 0.416 e. The second kappa shape index (κ2) is 8.13. The van der Waals surface area contributed by atoms with E-state index in [1.54, 1.807) is 24.3 Å². The van der Waals surface area contributed by atoms with Crippen LogP contribution >= 0.6 is 0 Å². The fourth-order valence-corrected chi connectivity index (χ4v) is 2.38. The number of amides is 1. The van der Waals surface area contributed by atoms with Gasteiger partial charge in [-0.05, 0) is 29.8 Å². The lowest BCUT2D eigenvalue weighted by Gasteiger charge is -2.05. The molecule has 0 radical (unpaired) electrons. The molecule has 0 aliphatic rings. The summed E-state index contributed by atoms with van der Waals surface area (Å²) in [4.78, 5) is 27.4. The van der Waals surface area contributed by atoms with Crippen molar-refractivity contribution >= 4 is 11.9 Å². The Morgan fingerprint density at radius 2 is 1.72 bits per heavy atom. The number of rotatable bonds is 5. The van der Waals surface area contributed by atoms with Crippen LogP contribution in [0.1, 0.15) is 32.2 Å². The van der Waals surface area contributed by atoms with Crippen LogP contribution in [0.15, 0.2) is 53.1 Å². The molecule has 0 fully saturated rings. The Hall–Kier alpha value is -3.69. The number of hydrogen-bond acceptors (Lipinski definition) is 6. The van der Waals surface area contributed by atoms with Crippen LogP contribution in [0, 0.1) is 0 Å². The third-order valence-corrected chi connectivity index (χ3v) is 3.92. The van der Waals surface area contributed by atoms with Gasteiger partial charge in [0.05, 0.1) is 18.2 Å². The Kier molecular flexibility index (Phi) is 5.62. The molecule has 0 aliphatic carbocycles. The topological polar surface area (TPSA) is 94.3 Å². The van der Waals surface area contributed by atoms with E-state index in [1.807, 2.05) is 0 Å². The number of alkyl halides is 3. The Morgan fingerprint density at radius 1 is 1.07 bits per heavy atom. The van der Waals surface area contributed by atoms with Crippen molar-refractivity contribution in [2.45, 2.75) is 12.7 Å². The van der Waals surface area contributed by atoms with Crippen molar-refractivity contribution in [3.8, 4) is 11.4 Å². The molecule has 150 valence electrons. The molecule has 1 aromatic heterocycles. The van der Waals surface area contributed by atoms with Gasteiger partial charge in [-0.3, -0.25) is 4.79 Å². The molecule has 0 spiro atoms. The summed E-state index contributed by atoms with van der Waals surface area (Å²) in [6, 6.07) is 10.6.